The SMILES string of the molecule is CCc1nnc(C(CC(C)C)C(=O)O)nc1CC. The Morgan fingerprint density at radius 2 is 1.78 bits per heavy atom. The summed E-state index contributed by atoms with van der Waals surface area (Å²) in [5, 5.41) is 17.4. The van der Waals surface area contributed by atoms with Crippen LogP contribution in [0, 0.1) is 5.92 Å². The molecule has 18 heavy (non-hydrogen) atoms. The van der Waals surface area contributed by atoms with E-state index in [0.29, 0.717) is 12.2 Å². The van der Waals surface area contributed by atoms with Crippen LogP contribution in [0.1, 0.15) is 57.2 Å². The van der Waals surface area contributed by atoms with Crippen molar-refractivity contribution in [1.82, 2.24) is 15.2 Å². The molecule has 1 aromatic rings. The van der Waals surface area contributed by atoms with Gasteiger partial charge in [0.1, 0.15) is 5.92 Å². The number of aromatic nitrogens is 3. The summed E-state index contributed by atoms with van der Waals surface area (Å²) >= 11 is 0. The van der Waals surface area contributed by atoms with Gasteiger partial charge in [0.05, 0.1) is 11.4 Å². The number of nitrogens with zero attached hydrogens (tertiary/aromatic N) is 3. The van der Waals surface area contributed by atoms with Crippen LogP contribution < -0.4 is 0 Å². The van der Waals surface area contributed by atoms with Crippen molar-refractivity contribution < 1.29 is 9.90 Å². The number of carboxylic acid groups (broad SMARTS) is 1. The van der Waals surface area contributed by atoms with Crippen molar-refractivity contribution >= 4 is 5.97 Å². The Morgan fingerprint density at radius 1 is 1.17 bits per heavy atom. The highest BCUT2D eigenvalue weighted by atomic mass is 16.4. The molecule has 1 heterocycles. The summed E-state index contributed by atoms with van der Waals surface area (Å²) in [5.74, 6) is -0.915. The normalized spacial score (nSPS) is 12.7. The minimum atomic E-state index is -0.878. The summed E-state index contributed by atoms with van der Waals surface area (Å²) < 4.78 is 0. The van der Waals surface area contributed by atoms with Gasteiger partial charge in [-0.2, -0.15) is 5.10 Å². The largest absolute Gasteiger partial charge is 0.481 e. The van der Waals surface area contributed by atoms with Crippen LogP contribution >= 0.6 is 0 Å². The van der Waals surface area contributed by atoms with Gasteiger partial charge in [0, 0.05) is 0 Å². The Kier molecular flexibility index (Phi) is 5.19. The first-order valence-electron chi connectivity index (χ1n) is 6.44. The molecule has 1 N–H and O–H groups in total. The van der Waals surface area contributed by atoms with Gasteiger partial charge in [-0.1, -0.05) is 27.7 Å². The van der Waals surface area contributed by atoms with Gasteiger partial charge >= 0.3 is 5.97 Å². The van der Waals surface area contributed by atoms with Gasteiger partial charge in [0.2, 0.25) is 0 Å². The van der Waals surface area contributed by atoms with E-state index in [9.17, 15) is 9.90 Å². The fraction of sp³-hybridized carbons (Fsp3) is 0.692. The molecule has 0 aliphatic heterocycles. The van der Waals surface area contributed by atoms with E-state index in [0.717, 1.165) is 24.2 Å². The molecule has 0 aromatic carbocycles. The van der Waals surface area contributed by atoms with Crippen LogP contribution in [0.5, 0.6) is 0 Å². The molecule has 100 valence electrons. The highest BCUT2D eigenvalue weighted by Crippen LogP contribution is 2.21. The van der Waals surface area contributed by atoms with Crippen molar-refractivity contribution in [3.63, 3.8) is 0 Å². The Hall–Kier alpha value is -1.52. The van der Waals surface area contributed by atoms with Gasteiger partial charge in [-0.3, -0.25) is 4.79 Å². The van der Waals surface area contributed by atoms with Gasteiger partial charge in [-0.15, -0.1) is 5.10 Å². The van der Waals surface area contributed by atoms with E-state index in [-0.39, 0.29) is 5.92 Å². The molecule has 0 aliphatic rings. The van der Waals surface area contributed by atoms with Gasteiger partial charge in [-0.25, -0.2) is 4.98 Å². The molecule has 5 heteroatoms. The van der Waals surface area contributed by atoms with E-state index in [2.05, 4.69) is 15.2 Å². The minimum absolute atomic E-state index is 0.283. The first-order valence-corrected chi connectivity index (χ1v) is 6.44. The molecule has 0 amide bonds. The molecule has 0 spiro atoms. The van der Waals surface area contributed by atoms with Crippen LogP contribution in [0.15, 0.2) is 0 Å². The molecule has 0 bridgehead atoms. The number of hydrogen-bond acceptors (Lipinski definition) is 4. The van der Waals surface area contributed by atoms with Gasteiger partial charge in [0.25, 0.3) is 0 Å². The van der Waals surface area contributed by atoms with Crippen molar-refractivity contribution in [3.8, 4) is 0 Å². The second-order valence-corrected chi connectivity index (χ2v) is 4.79. The topological polar surface area (TPSA) is 76.0 Å². The lowest BCUT2D eigenvalue weighted by Gasteiger charge is -2.14. The van der Waals surface area contributed by atoms with Crippen molar-refractivity contribution in [2.45, 2.75) is 52.9 Å². The van der Waals surface area contributed by atoms with Crippen LogP contribution in [0.2, 0.25) is 0 Å². The maximum absolute atomic E-state index is 11.3. The highest BCUT2D eigenvalue weighted by Gasteiger charge is 2.25. The van der Waals surface area contributed by atoms with Crippen molar-refractivity contribution in [2.24, 2.45) is 5.92 Å². The van der Waals surface area contributed by atoms with E-state index in [4.69, 9.17) is 0 Å². The quantitative estimate of drug-likeness (QED) is 0.838. The van der Waals surface area contributed by atoms with Crippen molar-refractivity contribution in [2.75, 3.05) is 0 Å². The van der Waals surface area contributed by atoms with E-state index < -0.39 is 11.9 Å². The van der Waals surface area contributed by atoms with Crippen LogP contribution in [0.4, 0.5) is 0 Å². The fourth-order valence-electron chi connectivity index (χ4n) is 1.89. The zero-order valence-corrected chi connectivity index (χ0v) is 11.5. The molecule has 0 saturated carbocycles. The predicted octanol–water partition coefficient (Wildman–Crippen LogP) is 2.21. The minimum Gasteiger partial charge on any atom is -0.481 e. The maximum Gasteiger partial charge on any atom is 0.314 e. The summed E-state index contributed by atoms with van der Waals surface area (Å²) in [5.41, 5.74) is 1.72. The van der Waals surface area contributed by atoms with Gasteiger partial charge in [-0.05, 0) is 25.2 Å². The second kappa shape index (κ2) is 6.42. The first-order chi connectivity index (χ1) is 8.49. The standard InChI is InChI=1S/C13H21N3O2/c1-5-10-11(6-2)15-16-12(14-10)9(13(17)18)7-8(3)4/h8-9H,5-7H2,1-4H3,(H,17,18). The van der Waals surface area contributed by atoms with E-state index in [1.165, 1.54) is 0 Å². The summed E-state index contributed by atoms with van der Waals surface area (Å²) in [6.07, 6.45) is 2.05. The summed E-state index contributed by atoms with van der Waals surface area (Å²) in [6.45, 7) is 7.97. The van der Waals surface area contributed by atoms with E-state index in [1.54, 1.807) is 0 Å². The Labute approximate surface area is 108 Å². The smallest absolute Gasteiger partial charge is 0.314 e. The monoisotopic (exact) mass is 251 g/mol. The lowest BCUT2D eigenvalue weighted by molar-refractivity contribution is -0.139. The van der Waals surface area contributed by atoms with E-state index in [1.807, 2.05) is 27.7 Å². The molecule has 5 nitrogen and oxygen atoms in total. The molecule has 0 fully saturated rings. The average molecular weight is 251 g/mol. The molecule has 1 rings (SSSR count). The lowest BCUT2D eigenvalue weighted by atomic mass is 9.96. The predicted molar refractivity (Wildman–Crippen MR) is 68.4 cm³/mol. The summed E-state index contributed by atoms with van der Waals surface area (Å²) in [7, 11) is 0. The molecule has 0 radical (unpaired) electrons. The Bertz CT molecular complexity index is 419. The third-order valence-electron chi connectivity index (χ3n) is 2.84. The van der Waals surface area contributed by atoms with E-state index >= 15 is 0 Å². The molecule has 1 aromatic heterocycles. The highest BCUT2D eigenvalue weighted by molar-refractivity contribution is 5.74. The maximum atomic E-state index is 11.3. The number of carbonyl (C=O) groups is 1. The van der Waals surface area contributed by atoms with Crippen LogP contribution in [-0.2, 0) is 17.6 Å². The number of rotatable bonds is 6. The zero-order chi connectivity index (χ0) is 13.7. The van der Waals surface area contributed by atoms with Crippen molar-refractivity contribution in [1.29, 1.82) is 0 Å². The molecule has 0 aliphatic carbocycles. The first kappa shape index (κ1) is 14.5. The number of aryl methyl sites for hydroxylation is 2. The van der Waals surface area contributed by atoms with Crippen molar-refractivity contribution in [3.05, 3.63) is 17.2 Å². The van der Waals surface area contributed by atoms with Crippen LogP contribution in [0.3, 0.4) is 0 Å². The number of carboxylic acids is 1. The molecular formula is C13H21N3O2. The lowest BCUT2D eigenvalue weighted by Crippen LogP contribution is -2.19. The second-order valence-electron chi connectivity index (χ2n) is 4.79. The number of hydrogen-bond donors (Lipinski definition) is 1. The molecular weight excluding hydrogens is 230 g/mol. The van der Waals surface area contributed by atoms with Gasteiger partial charge in [0.15, 0.2) is 5.82 Å². The van der Waals surface area contributed by atoms with Crippen LogP contribution in [0.25, 0.3) is 0 Å². The molecule has 1 unspecified atom stereocenters. The summed E-state index contributed by atoms with van der Waals surface area (Å²) in [4.78, 5) is 15.7. The Balaban J connectivity index is 3.09. The summed E-state index contributed by atoms with van der Waals surface area (Å²) in [6, 6.07) is 0. The number of aliphatic carboxylic acids is 1. The molecule has 0 saturated heterocycles. The zero-order valence-electron chi connectivity index (χ0n) is 11.5. The van der Waals surface area contributed by atoms with Gasteiger partial charge < -0.3 is 5.11 Å². The molecule has 1 atom stereocenters. The average Bonchev–Trinajstić information content (AvgIpc) is 2.34. The third-order valence-corrected chi connectivity index (χ3v) is 2.84. The third kappa shape index (κ3) is 3.48. The van der Waals surface area contributed by atoms with Crippen LogP contribution in [-0.4, -0.2) is 26.3 Å². The fourth-order valence-corrected chi connectivity index (χ4v) is 1.89. The Morgan fingerprint density at radius 3 is 2.22 bits per heavy atom.